The molecule has 0 spiro atoms. The lowest BCUT2D eigenvalue weighted by Gasteiger charge is -2.06. The van der Waals surface area contributed by atoms with Gasteiger partial charge in [0, 0.05) is 24.5 Å². The van der Waals surface area contributed by atoms with Gasteiger partial charge in [0.05, 0.1) is 0 Å². The minimum absolute atomic E-state index is 0.663. The Labute approximate surface area is 94.8 Å². The molecule has 0 radical (unpaired) electrons. The van der Waals surface area contributed by atoms with E-state index in [9.17, 15) is 0 Å². The zero-order valence-corrected chi connectivity index (χ0v) is 9.44. The summed E-state index contributed by atoms with van der Waals surface area (Å²) in [6, 6.07) is 7.64. The fourth-order valence-electron chi connectivity index (χ4n) is 1.45. The van der Waals surface area contributed by atoms with Crippen LogP contribution in [-0.4, -0.2) is 21.5 Å². The molecule has 0 aliphatic heterocycles. The third-order valence-electron chi connectivity index (χ3n) is 2.11. The predicted molar refractivity (Wildman–Crippen MR) is 64.2 cm³/mol. The molecule has 4 nitrogen and oxygen atoms in total. The van der Waals surface area contributed by atoms with Crippen LogP contribution in [0.3, 0.4) is 0 Å². The maximum Gasteiger partial charge on any atom is 0.180 e. The Hall–Kier alpha value is -1.97. The van der Waals surface area contributed by atoms with Gasteiger partial charge in [-0.2, -0.15) is 0 Å². The maximum absolute atomic E-state index is 4.41. The van der Waals surface area contributed by atoms with Crippen molar-refractivity contribution >= 4 is 5.82 Å². The van der Waals surface area contributed by atoms with Crippen molar-refractivity contribution in [3.05, 3.63) is 36.2 Å². The van der Waals surface area contributed by atoms with Crippen molar-refractivity contribution in [2.45, 2.75) is 13.8 Å². The molecule has 16 heavy (non-hydrogen) atoms. The molecule has 0 aliphatic carbocycles. The van der Waals surface area contributed by atoms with Crippen LogP contribution < -0.4 is 5.32 Å². The largest absolute Gasteiger partial charge is 0.370 e. The molecule has 0 saturated heterocycles. The Morgan fingerprint density at radius 1 is 1.25 bits per heavy atom. The predicted octanol–water partition coefficient (Wildman–Crippen LogP) is 2.28. The van der Waals surface area contributed by atoms with Crippen LogP contribution in [0.15, 0.2) is 30.5 Å². The molecular weight excluding hydrogens is 200 g/mol. The van der Waals surface area contributed by atoms with Gasteiger partial charge >= 0.3 is 0 Å². The lowest BCUT2D eigenvalue weighted by atomic mass is 10.3. The van der Waals surface area contributed by atoms with E-state index >= 15 is 0 Å². The van der Waals surface area contributed by atoms with Gasteiger partial charge in [-0.25, -0.2) is 9.97 Å². The molecule has 2 rings (SSSR count). The van der Waals surface area contributed by atoms with Crippen molar-refractivity contribution in [2.75, 3.05) is 11.9 Å². The summed E-state index contributed by atoms with van der Waals surface area (Å²) < 4.78 is 0. The lowest BCUT2D eigenvalue weighted by Crippen LogP contribution is -2.03. The Morgan fingerprint density at radius 2 is 2.12 bits per heavy atom. The summed E-state index contributed by atoms with van der Waals surface area (Å²) in [5, 5.41) is 3.18. The first-order valence-corrected chi connectivity index (χ1v) is 5.30. The Balaban J connectivity index is 2.41. The van der Waals surface area contributed by atoms with Crippen LogP contribution in [0.2, 0.25) is 0 Å². The first-order valence-electron chi connectivity index (χ1n) is 5.30. The third kappa shape index (κ3) is 2.34. The van der Waals surface area contributed by atoms with Crippen LogP contribution in [-0.2, 0) is 0 Å². The van der Waals surface area contributed by atoms with Crippen molar-refractivity contribution in [1.82, 2.24) is 15.0 Å². The van der Waals surface area contributed by atoms with Gasteiger partial charge < -0.3 is 5.32 Å². The van der Waals surface area contributed by atoms with Crippen LogP contribution in [0, 0.1) is 6.92 Å². The molecule has 2 aromatic rings. The fraction of sp³-hybridized carbons (Fsp3) is 0.250. The number of nitrogens with zero attached hydrogens (tertiary/aromatic N) is 3. The third-order valence-corrected chi connectivity index (χ3v) is 2.11. The molecule has 0 bridgehead atoms. The lowest BCUT2D eigenvalue weighted by molar-refractivity contribution is 1.07. The zero-order valence-electron chi connectivity index (χ0n) is 9.44. The quantitative estimate of drug-likeness (QED) is 0.851. The standard InChI is InChI=1S/C12H14N4/c1-3-13-11-8-9(2)15-12(16-11)10-6-4-5-7-14-10/h4-8H,3H2,1-2H3,(H,13,15,16). The molecule has 0 fully saturated rings. The van der Waals surface area contributed by atoms with E-state index in [0.29, 0.717) is 5.82 Å². The molecule has 4 heteroatoms. The Bertz CT molecular complexity index is 468. The molecule has 2 aromatic heterocycles. The van der Waals surface area contributed by atoms with Gasteiger partial charge in [0.2, 0.25) is 0 Å². The second kappa shape index (κ2) is 4.70. The average molecular weight is 214 g/mol. The van der Waals surface area contributed by atoms with Crippen LogP contribution in [0.1, 0.15) is 12.6 Å². The van der Waals surface area contributed by atoms with E-state index < -0.39 is 0 Å². The number of rotatable bonds is 3. The minimum atomic E-state index is 0.663. The normalized spacial score (nSPS) is 10.1. The van der Waals surface area contributed by atoms with Gasteiger partial charge in [-0.15, -0.1) is 0 Å². The first kappa shape index (κ1) is 10.5. The highest BCUT2D eigenvalue weighted by molar-refractivity contribution is 5.52. The second-order valence-electron chi connectivity index (χ2n) is 3.46. The topological polar surface area (TPSA) is 50.7 Å². The van der Waals surface area contributed by atoms with Crippen molar-refractivity contribution in [3.63, 3.8) is 0 Å². The van der Waals surface area contributed by atoms with Gasteiger partial charge in [0.15, 0.2) is 5.82 Å². The summed E-state index contributed by atoms with van der Waals surface area (Å²) in [6.07, 6.45) is 1.74. The molecule has 0 saturated carbocycles. The summed E-state index contributed by atoms with van der Waals surface area (Å²) in [5.41, 5.74) is 1.73. The van der Waals surface area contributed by atoms with Crippen LogP contribution in [0.5, 0.6) is 0 Å². The molecule has 0 unspecified atom stereocenters. The number of hydrogen-bond donors (Lipinski definition) is 1. The van der Waals surface area contributed by atoms with Crippen molar-refractivity contribution < 1.29 is 0 Å². The van der Waals surface area contributed by atoms with Crippen molar-refractivity contribution in [2.24, 2.45) is 0 Å². The van der Waals surface area contributed by atoms with E-state index in [0.717, 1.165) is 23.8 Å². The SMILES string of the molecule is CCNc1cc(C)nc(-c2ccccn2)n1. The molecule has 2 heterocycles. The van der Waals surface area contributed by atoms with E-state index in [4.69, 9.17) is 0 Å². The van der Waals surface area contributed by atoms with Crippen molar-refractivity contribution in [3.8, 4) is 11.5 Å². The minimum Gasteiger partial charge on any atom is -0.370 e. The molecule has 0 amide bonds. The van der Waals surface area contributed by atoms with E-state index in [1.54, 1.807) is 6.20 Å². The summed E-state index contributed by atoms with van der Waals surface area (Å²) >= 11 is 0. The maximum atomic E-state index is 4.41. The molecular formula is C12H14N4. The van der Waals surface area contributed by atoms with E-state index in [1.807, 2.05) is 38.1 Å². The highest BCUT2D eigenvalue weighted by atomic mass is 15.0. The Morgan fingerprint density at radius 3 is 2.81 bits per heavy atom. The van der Waals surface area contributed by atoms with Crippen molar-refractivity contribution in [1.29, 1.82) is 0 Å². The summed E-state index contributed by atoms with van der Waals surface area (Å²) in [4.78, 5) is 13.0. The highest BCUT2D eigenvalue weighted by Crippen LogP contribution is 2.14. The molecule has 82 valence electrons. The summed E-state index contributed by atoms with van der Waals surface area (Å²) in [7, 11) is 0. The molecule has 1 N–H and O–H groups in total. The molecule has 0 atom stereocenters. The number of pyridine rings is 1. The van der Waals surface area contributed by atoms with Crippen LogP contribution >= 0.6 is 0 Å². The Kier molecular flexibility index (Phi) is 3.10. The van der Waals surface area contributed by atoms with Crippen LogP contribution in [0.25, 0.3) is 11.5 Å². The molecule has 0 aliphatic rings. The average Bonchev–Trinajstić information content (AvgIpc) is 2.30. The smallest absolute Gasteiger partial charge is 0.180 e. The van der Waals surface area contributed by atoms with Gasteiger partial charge in [-0.05, 0) is 26.0 Å². The summed E-state index contributed by atoms with van der Waals surface area (Å²) in [5.74, 6) is 1.51. The number of aromatic nitrogens is 3. The van der Waals surface area contributed by atoms with Crippen LogP contribution in [0.4, 0.5) is 5.82 Å². The second-order valence-corrected chi connectivity index (χ2v) is 3.46. The number of nitrogens with one attached hydrogen (secondary N) is 1. The first-order chi connectivity index (χ1) is 7.79. The van der Waals surface area contributed by atoms with Gasteiger partial charge in [0.25, 0.3) is 0 Å². The zero-order chi connectivity index (χ0) is 11.4. The van der Waals surface area contributed by atoms with E-state index in [2.05, 4.69) is 20.3 Å². The molecule has 0 aromatic carbocycles. The monoisotopic (exact) mass is 214 g/mol. The van der Waals surface area contributed by atoms with Gasteiger partial charge in [-0.3, -0.25) is 4.98 Å². The van der Waals surface area contributed by atoms with Gasteiger partial charge in [0.1, 0.15) is 11.5 Å². The van der Waals surface area contributed by atoms with Gasteiger partial charge in [-0.1, -0.05) is 6.07 Å². The van der Waals surface area contributed by atoms with E-state index in [1.165, 1.54) is 0 Å². The number of aryl methyl sites for hydroxylation is 1. The highest BCUT2D eigenvalue weighted by Gasteiger charge is 2.04. The summed E-state index contributed by atoms with van der Waals surface area (Å²) in [6.45, 7) is 4.84. The van der Waals surface area contributed by atoms with E-state index in [-0.39, 0.29) is 0 Å². The number of anilines is 1. The fourth-order valence-corrected chi connectivity index (χ4v) is 1.45. The number of hydrogen-bond acceptors (Lipinski definition) is 4.